The molecule has 0 unspecified atom stereocenters. The molecule has 1 atom stereocenters. The predicted octanol–water partition coefficient (Wildman–Crippen LogP) is 3.14. The summed E-state index contributed by atoms with van der Waals surface area (Å²) >= 11 is 0. The Bertz CT molecular complexity index is 910. The monoisotopic (exact) mass is 373 g/mol. The van der Waals surface area contributed by atoms with Gasteiger partial charge in [-0.1, -0.05) is 78.4 Å². The molecular weight excluding hydrogens is 350 g/mol. The Morgan fingerprint density at radius 2 is 1.32 bits per heavy atom. The molecule has 3 aromatic carbocycles. The summed E-state index contributed by atoms with van der Waals surface area (Å²) in [6.45, 7) is 2.10. The van der Waals surface area contributed by atoms with Gasteiger partial charge in [-0.05, 0) is 30.2 Å². The van der Waals surface area contributed by atoms with Gasteiger partial charge < -0.3 is 0 Å². The Hall–Kier alpha value is -3.44. The van der Waals surface area contributed by atoms with Crippen molar-refractivity contribution >= 4 is 11.8 Å². The van der Waals surface area contributed by atoms with E-state index in [1.54, 1.807) is 24.3 Å². The lowest BCUT2D eigenvalue weighted by atomic mass is 9.98. The number of rotatable bonds is 6. The largest absolute Gasteiger partial charge is 0.298 e. The van der Waals surface area contributed by atoms with Gasteiger partial charge >= 0.3 is 0 Å². The number of aryl methyl sites for hydroxylation is 1. The third-order valence-electron chi connectivity index (χ3n) is 4.36. The van der Waals surface area contributed by atoms with Crippen molar-refractivity contribution in [3.05, 3.63) is 107 Å². The number of carbonyl (C=O) groups excluding carboxylic acids is 2. The normalized spacial score (nSPS) is 11.5. The Morgan fingerprint density at radius 1 is 0.750 bits per heavy atom. The zero-order valence-corrected chi connectivity index (χ0v) is 15.7. The Labute approximate surface area is 164 Å². The summed E-state index contributed by atoms with van der Waals surface area (Å²) in [4.78, 5) is 24.2. The van der Waals surface area contributed by atoms with Crippen LogP contribution in [0.3, 0.4) is 0 Å². The lowest BCUT2D eigenvalue weighted by molar-refractivity contribution is -0.121. The number of benzene rings is 3. The quantitative estimate of drug-likeness (QED) is 0.582. The van der Waals surface area contributed by atoms with Crippen molar-refractivity contribution in [3.63, 3.8) is 0 Å². The smallest absolute Gasteiger partial charge is 0.269 e. The highest BCUT2D eigenvalue weighted by atomic mass is 16.2. The van der Waals surface area contributed by atoms with Gasteiger partial charge in [0.25, 0.3) is 11.8 Å². The van der Waals surface area contributed by atoms with E-state index in [4.69, 9.17) is 0 Å². The van der Waals surface area contributed by atoms with Crippen LogP contribution in [0.15, 0.2) is 84.9 Å². The summed E-state index contributed by atoms with van der Waals surface area (Å²) in [5.74, 6) is -0.676. The molecule has 0 heterocycles. The number of hydrazine groups is 1. The first-order valence-electron chi connectivity index (χ1n) is 9.12. The highest BCUT2D eigenvalue weighted by molar-refractivity contribution is 5.95. The number of nitrogens with one attached hydrogen (secondary N) is 3. The zero-order chi connectivity index (χ0) is 19.8. The summed E-state index contributed by atoms with van der Waals surface area (Å²) in [5.41, 5.74) is 8.67. The summed E-state index contributed by atoms with van der Waals surface area (Å²) in [5, 5.41) is 3.27. The van der Waals surface area contributed by atoms with Crippen LogP contribution < -0.4 is 16.2 Å². The average Bonchev–Trinajstić information content (AvgIpc) is 2.75. The van der Waals surface area contributed by atoms with Crippen molar-refractivity contribution in [1.29, 1.82) is 0 Å². The molecule has 0 aromatic heterocycles. The number of hydrogen-bond acceptors (Lipinski definition) is 3. The molecule has 0 fully saturated rings. The highest BCUT2D eigenvalue weighted by Gasteiger charge is 2.15. The maximum absolute atomic E-state index is 12.2. The van der Waals surface area contributed by atoms with E-state index in [2.05, 4.69) is 28.3 Å². The first-order valence-corrected chi connectivity index (χ1v) is 9.12. The molecule has 3 rings (SSSR count). The second-order valence-corrected chi connectivity index (χ2v) is 6.50. The SMILES string of the molecule is Cc1ccc([C@@H](NCC(=O)NNC(=O)c2ccccc2)c2ccccc2)cc1. The maximum atomic E-state index is 12.2. The van der Waals surface area contributed by atoms with Gasteiger partial charge in [0.1, 0.15) is 0 Å². The minimum absolute atomic E-state index is 0.0580. The second-order valence-electron chi connectivity index (χ2n) is 6.50. The molecule has 3 N–H and O–H groups in total. The van der Waals surface area contributed by atoms with E-state index in [0.717, 1.165) is 11.1 Å². The summed E-state index contributed by atoms with van der Waals surface area (Å²) in [6.07, 6.45) is 0. The van der Waals surface area contributed by atoms with E-state index in [1.807, 2.05) is 55.5 Å². The van der Waals surface area contributed by atoms with Gasteiger partial charge in [0.2, 0.25) is 0 Å². The minimum Gasteiger partial charge on any atom is -0.298 e. The molecule has 0 aliphatic carbocycles. The summed E-state index contributed by atoms with van der Waals surface area (Å²) in [6, 6.07) is 26.7. The maximum Gasteiger partial charge on any atom is 0.269 e. The summed E-state index contributed by atoms with van der Waals surface area (Å²) < 4.78 is 0. The lowest BCUT2D eigenvalue weighted by Crippen LogP contribution is -2.46. The van der Waals surface area contributed by atoms with Crippen LogP contribution in [0.2, 0.25) is 0 Å². The molecule has 5 nitrogen and oxygen atoms in total. The fraction of sp³-hybridized carbons (Fsp3) is 0.130. The first-order chi connectivity index (χ1) is 13.6. The Morgan fingerprint density at radius 3 is 1.96 bits per heavy atom. The molecule has 0 aliphatic heterocycles. The van der Waals surface area contributed by atoms with Gasteiger partial charge in [0.05, 0.1) is 12.6 Å². The number of amides is 2. The van der Waals surface area contributed by atoms with Crippen LogP contribution in [0.1, 0.15) is 33.1 Å². The van der Waals surface area contributed by atoms with Crippen LogP contribution in [0, 0.1) is 6.92 Å². The van der Waals surface area contributed by atoms with Crippen LogP contribution in [0.4, 0.5) is 0 Å². The molecule has 142 valence electrons. The molecule has 5 heteroatoms. The van der Waals surface area contributed by atoms with Crippen molar-refractivity contribution in [2.45, 2.75) is 13.0 Å². The van der Waals surface area contributed by atoms with E-state index >= 15 is 0 Å². The van der Waals surface area contributed by atoms with E-state index < -0.39 is 0 Å². The Balaban J connectivity index is 1.61. The lowest BCUT2D eigenvalue weighted by Gasteiger charge is -2.20. The van der Waals surface area contributed by atoms with Crippen molar-refractivity contribution in [3.8, 4) is 0 Å². The molecule has 0 spiro atoms. The van der Waals surface area contributed by atoms with Crippen molar-refractivity contribution in [2.75, 3.05) is 6.54 Å². The minimum atomic E-state index is -0.355. The highest BCUT2D eigenvalue weighted by Crippen LogP contribution is 2.22. The average molecular weight is 373 g/mol. The Kier molecular flexibility index (Phi) is 6.54. The molecule has 2 amide bonds. The molecule has 3 aromatic rings. The predicted molar refractivity (Wildman–Crippen MR) is 110 cm³/mol. The topological polar surface area (TPSA) is 70.2 Å². The van der Waals surface area contributed by atoms with E-state index in [1.165, 1.54) is 5.56 Å². The molecule has 0 bridgehead atoms. The van der Waals surface area contributed by atoms with E-state index in [0.29, 0.717) is 5.56 Å². The van der Waals surface area contributed by atoms with E-state index in [-0.39, 0.29) is 24.4 Å². The van der Waals surface area contributed by atoms with Crippen LogP contribution >= 0.6 is 0 Å². The zero-order valence-electron chi connectivity index (χ0n) is 15.7. The van der Waals surface area contributed by atoms with E-state index in [9.17, 15) is 9.59 Å². The standard InChI is InChI=1S/C23H23N3O2/c1-17-12-14-19(15-13-17)22(18-8-4-2-5-9-18)24-16-21(27)25-26-23(28)20-10-6-3-7-11-20/h2-15,22,24H,16H2,1H3,(H,25,27)(H,26,28)/t22-/m0/s1. The van der Waals surface area contributed by atoms with Gasteiger partial charge in [-0.3, -0.25) is 25.8 Å². The third-order valence-corrected chi connectivity index (χ3v) is 4.36. The van der Waals surface area contributed by atoms with Crippen molar-refractivity contribution in [2.24, 2.45) is 0 Å². The fourth-order valence-electron chi connectivity index (χ4n) is 2.86. The molecular formula is C23H23N3O2. The van der Waals surface area contributed by atoms with Crippen LogP contribution in [-0.4, -0.2) is 18.4 Å². The van der Waals surface area contributed by atoms with Gasteiger partial charge in [-0.15, -0.1) is 0 Å². The van der Waals surface area contributed by atoms with Gasteiger partial charge in [-0.2, -0.15) is 0 Å². The van der Waals surface area contributed by atoms with Gasteiger partial charge in [0.15, 0.2) is 0 Å². The summed E-state index contributed by atoms with van der Waals surface area (Å²) in [7, 11) is 0. The van der Waals surface area contributed by atoms with Crippen LogP contribution in [-0.2, 0) is 4.79 Å². The second kappa shape index (κ2) is 9.48. The van der Waals surface area contributed by atoms with Crippen LogP contribution in [0.25, 0.3) is 0 Å². The van der Waals surface area contributed by atoms with Gasteiger partial charge in [0, 0.05) is 5.56 Å². The molecule has 0 aliphatic rings. The van der Waals surface area contributed by atoms with Crippen molar-refractivity contribution < 1.29 is 9.59 Å². The first kappa shape index (κ1) is 19.3. The van der Waals surface area contributed by atoms with Crippen molar-refractivity contribution in [1.82, 2.24) is 16.2 Å². The van der Waals surface area contributed by atoms with Crippen LogP contribution in [0.5, 0.6) is 0 Å². The molecule has 28 heavy (non-hydrogen) atoms. The third kappa shape index (κ3) is 5.28. The number of hydrogen-bond donors (Lipinski definition) is 3. The molecule has 0 radical (unpaired) electrons. The number of carbonyl (C=O) groups is 2. The van der Waals surface area contributed by atoms with Gasteiger partial charge in [-0.25, -0.2) is 0 Å². The molecule has 0 saturated carbocycles. The molecule has 0 saturated heterocycles. The fourth-order valence-corrected chi connectivity index (χ4v) is 2.86.